The van der Waals surface area contributed by atoms with Gasteiger partial charge in [0.2, 0.25) is 5.91 Å². The van der Waals surface area contributed by atoms with Gasteiger partial charge in [0.05, 0.1) is 24.2 Å². The molecular formula is C17H26N2O4S. The van der Waals surface area contributed by atoms with Crippen LogP contribution >= 0.6 is 0 Å². The summed E-state index contributed by atoms with van der Waals surface area (Å²) in [5.41, 5.74) is 0.991. The highest BCUT2D eigenvalue weighted by molar-refractivity contribution is 7.91. The summed E-state index contributed by atoms with van der Waals surface area (Å²) in [6.07, 6.45) is 0.731. The maximum absolute atomic E-state index is 12.0. The molecule has 0 radical (unpaired) electrons. The van der Waals surface area contributed by atoms with Crippen molar-refractivity contribution in [2.45, 2.75) is 39.0 Å². The summed E-state index contributed by atoms with van der Waals surface area (Å²) in [6, 6.07) is 7.55. The zero-order chi connectivity index (χ0) is 17.7. The molecule has 1 aliphatic heterocycles. The molecule has 0 unspecified atom stereocenters. The van der Waals surface area contributed by atoms with E-state index in [1.54, 1.807) is 7.05 Å². The molecule has 0 saturated carbocycles. The fourth-order valence-corrected chi connectivity index (χ4v) is 4.50. The minimum atomic E-state index is -2.93. The number of carbonyl (C=O) groups excluding carboxylic acids is 1. The van der Waals surface area contributed by atoms with Gasteiger partial charge in [-0.05, 0) is 45.0 Å². The van der Waals surface area contributed by atoms with Crippen molar-refractivity contribution in [2.75, 3.05) is 25.1 Å². The molecule has 24 heavy (non-hydrogen) atoms. The van der Waals surface area contributed by atoms with Crippen LogP contribution in [0, 0.1) is 0 Å². The molecule has 134 valence electrons. The van der Waals surface area contributed by atoms with Crippen LogP contribution in [0.2, 0.25) is 0 Å². The van der Waals surface area contributed by atoms with E-state index in [1.807, 2.05) is 43.0 Å². The second-order valence-electron chi connectivity index (χ2n) is 6.56. The first-order valence-electron chi connectivity index (χ1n) is 8.18. The van der Waals surface area contributed by atoms with E-state index < -0.39 is 9.84 Å². The van der Waals surface area contributed by atoms with Gasteiger partial charge in [-0.2, -0.15) is 0 Å². The number of hydrogen-bond acceptors (Lipinski definition) is 5. The molecule has 6 nitrogen and oxygen atoms in total. The average molecular weight is 354 g/mol. The highest BCUT2D eigenvalue weighted by Gasteiger charge is 2.31. The predicted octanol–water partition coefficient (Wildman–Crippen LogP) is 1.21. The Kier molecular flexibility index (Phi) is 6.23. The SMILES string of the molecule is CC(C)Oc1ccc(CNC(=O)CN(C)[C@H]2CCS(=O)(=O)C2)cc1. The van der Waals surface area contributed by atoms with Crippen LogP contribution in [0.1, 0.15) is 25.8 Å². The number of likely N-dealkylation sites (N-methyl/N-ethyl adjacent to an activating group) is 1. The lowest BCUT2D eigenvalue weighted by Crippen LogP contribution is -2.41. The molecule has 2 rings (SSSR count). The van der Waals surface area contributed by atoms with Gasteiger partial charge in [-0.15, -0.1) is 0 Å². The third-order valence-corrected chi connectivity index (χ3v) is 5.76. The molecule has 1 atom stereocenters. The lowest BCUT2D eigenvalue weighted by molar-refractivity contribution is -0.122. The van der Waals surface area contributed by atoms with Gasteiger partial charge in [-0.25, -0.2) is 8.42 Å². The van der Waals surface area contributed by atoms with E-state index in [1.165, 1.54) is 0 Å². The number of carbonyl (C=O) groups is 1. The average Bonchev–Trinajstić information content (AvgIpc) is 2.86. The van der Waals surface area contributed by atoms with Gasteiger partial charge in [-0.1, -0.05) is 12.1 Å². The number of nitrogens with one attached hydrogen (secondary N) is 1. The number of benzene rings is 1. The lowest BCUT2D eigenvalue weighted by Gasteiger charge is -2.22. The number of nitrogens with zero attached hydrogens (tertiary/aromatic N) is 1. The van der Waals surface area contributed by atoms with E-state index in [9.17, 15) is 13.2 Å². The zero-order valence-corrected chi connectivity index (χ0v) is 15.3. The van der Waals surface area contributed by atoms with E-state index in [-0.39, 0.29) is 36.1 Å². The number of hydrogen-bond donors (Lipinski definition) is 1. The molecule has 0 spiro atoms. The van der Waals surface area contributed by atoms with Crippen molar-refractivity contribution >= 4 is 15.7 Å². The largest absolute Gasteiger partial charge is 0.491 e. The fourth-order valence-electron chi connectivity index (χ4n) is 2.69. The second-order valence-corrected chi connectivity index (χ2v) is 8.79. The molecule has 0 aliphatic carbocycles. The fraction of sp³-hybridized carbons (Fsp3) is 0.588. The summed E-state index contributed by atoms with van der Waals surface area (Å²) in [4.78, 5) is 13.8. The molecule has 1 heterocycles. The van der Waals surface area contributed by atoms with E-state index in [4.69, 9.17) is 4.74 Å². The van der Waals surface area contributed by atoms with E-state index >= 15 is 0 Å². The van der Waals surface area contributed by atoms with Crippen molar-refractivity contribution in [3.63, 3.8) is 0 Å². The summed E-state index contributed by atoms with van der Waals surface area (Å²) < 4.78 is 28.6. The van der Waals surface area contributed by atoms with Crippen LogP contribution in [-0.2, 0) is 21.2 Å². The van der Waals surface area contributed by atoms with Crippen LogP contribution in [-0.4, -0.2) is 56.5 Å². The molecule has 1 aromatic carbocycles. The van der Waals surface area contributed by atoms with E-state index in [0.29, 0.717) is 13.0 Å². The van der Waals surface area contributed by atoms with Crippen molar-refractivity contribution in [1.29, 1.82) is 0 Å². The Morgan fingerprint density at radius 3 is 2.54 bits per heavy atom. The van der Waals surface area contributed by atoms with Gasteiger partial charge in [-0.3, -0.25) is 9.69 Å². The Hall–Kier alpha value is -1.60. The summed E-state index contributed by atoms with van der Waals surface area (Å²) in [6.45, 7) is 4.59. The van der Waals surface area contributed by atoms with Gasteiger partial charge < -0.3 is 10.1 Å². The maximum atomic E-state index is 12.0. The lowest BCUT2D eigenvalue weighted by atomic mass is 10.2. The van der Waals surface area contributed by atoms with Crippen LogP contribution in [0.4, 0.5) is 0 Å². The predicted molar refractivity (Wildman–Crippen MR) is 93.7 cm³/mol. The first-order chi connectivity index (χ1) is 11.2. The second kappa shape index (κ2) is 7.98. The molecule has 1 N–H and O–H groups in total. The molecule has 1 saturated heterocycles. The Morgan fingerprint density at radius 2 is 2.00 bits per heavy atom. The van der Waals surface area contributed by atoms with Crippen molar-refractivity contribution < 1.29 is 17.9 Å². The smallest absolute Gasteiger partial charge is 0.234 e. The first kappa shape index (κ1) is 18.7. The maximum Gasteiger partial charge on any atom is 0.234 e. The number of sulfone groups is 1. The first-order valence-corrected chi connectivity index (χ1v) is 10.0. The number of amides is 1. The highest BCUT2D eigenvalue weighted by atomic mass is 32.2. The minimum Gasteiger partial charge on any atom is -0.491 e. The van der Waals surface area contributed by atoms with Gasteiger partial charge in [0.25, 0.3) is 0 Å². The van der Waals surface area contributed by atoms with Crippen molar-refractivity contribution in [1.82, 2.24) is 10.2 Å². The topological polar surface area (TPSA) is 75.7 Å². The van der Waals surface area contributed by atoms with Crippen molar-refractivity contribution in [3.8, 4) is 5.75 Å². The summed E-state index contributed by atoms with van der Waals surface area (Å²) in [5.74, 6) is 1.06. The summed E-state index contributed by atoms with van der Waals surface area (Å²) in [7, 11) is -1.13. The van der Waals surface area contributed by atoms with E-state index in [2.05, 4.69) is 5.32 Å². The molecule has 0 bridgehead atoms. The summed E-state index contributed by atoms with van der Waals surface area (Å²) >= 11 is 0. The molecule has 1 aromatic rings. The zero-order valence-electron chi connectivity index (χ0n) is 14.5. The molecule has 0 aromatic heterocycles. The summed E-state index contributed by atoms with van der Waals surface area (Å²) in [5, 5.41) is 2.86. The van der Waals surface area contributed by atoms with Crippen LogP contribution < -0.4 is 10.1 Å². The van der Waals surface area contributed by atoms with Crippen molar-refractivity contribution in [2.24, 2.45) is 0 Å². The van der Waals surface area contributed by atoms with Gasteiger partial charge in [0.1, 0.15) is 5.75 Å². The third kappa shape index (κ3) is 5.79. The quantitative estimate of drug-likeness (QED) is 0.796. The number of rotatable bonds is 7. The molecule has 1 amide bonds. The molecular weight excluding hydrogens is 328 g/mol. The van der Waals surface area contributed by atoms with Crippen LogP contribution in [0.25, 0.3) is 0 Å². The monoisotopic (exact) mass is 354 g/mol. The van der Waals surface area contributed by atoms with Crippen molar-refractivity contribution in [3.05, 3.63) is 29.8 Å². The Morgan fingerprint density at radius 1 is 1.33 bits per heavy atom. The normalized spacial score (nSPS) is 19.6. The highest BCUT2D eigenvalue weighted by Crippen LogP contribution is 2.16. The Labute approximate surface area is 144 Å². The molecule has 7 heteroatoms. The Bertz CT molecular complexity index is 656. The Balaban J connectivity index is 1.76. The number of ether oxygens (including phenoxy) is 1. The third-order valence-electron chi connectivity index (χ3n) is 4.01. The molecule has 1 aliphatic rings. The van der Waals surface area contributed by atoms with Gasteiger partial charge >= 0.3 is 0 Å². The van der Waals surface area contributed by atoms with Crippen LogP contribution in [0.3, 0.4) is 0 Å². The van der Waals surface area contributed by atoms with Gasteiger partial charge in [0, 0.05) is 12.6 Å². The minimum absolute atomic E-state index is 0.0618. The van der Waals surface area contributed by atoms with E-state index in [0.717, 1.165) is 11.3 Å². The van der Waals surface area contributed by atoms with Crippen LogP contribution in [0.15, 0.2) is 24.3 Å². The van der Waals surface area contributed by atoms with Gasteiger partial charge in [0.15, 0.2) is 9.84 Å². The molecule has 1 fully saturated rings. The van der Waals surface area contributed by atoms with Crippen LogP contribution in [0.5, 0.6) is 5.75 Å². The standard InChI is InChI=1S/C17H26N2O4S/c1-13(2)23-16-6-4-14(5-7-16)10-18-17(20)11-19(3)15-8-9-24(21,22)12-15/h4-7,13,15H,8-12H2,1-3H3,(H,18,20)/t15-/m0/s1.